The van der Waals surface area contributed by atoms with Gasteiger partial charge in [0, 0.05) is 13.1 Å². The Kier molecular flexibility index (Phi) is 4.35. The Morgan fingerprint density at radius 2 is 1.81 bits per heavy atom. The summed E-state index contributed by atoms with van der Waals surface area (Å²) in [6, 6.07) is 9.82. The van der Waals surface area contributed by atoms with E-state index in [9.17, 15) is 14.7 Å². The smallest absolute Gasteiger partial charge is 0.307 e. The van der Waals surface area contributed by atoms with Crippen molar-refractivity contribution in [2.24, 2.45) is 17.3 Å². The molecule has 21 heavy (non-hydrogen) atoms. The molecule has 2 rings (SSSR count). The summed E-state index contributed by atoms with van der Waals surface area (Å²) >= 11 is 0. The van der Waals surface area contributed by atoms with Crippen LogP contribution in [0, 0.1) is 17.3 Å². The van der Waals surface area contributed by atoms with Crippen LogP contribution in [0.3, 0.4) is 0 Å². The Hall–Kier alpha value is -1.84. The maximum Gasteiger partial charge on any atom is 0.307 e. The monoisotopic (exact) mass is 289 g/mol. The topological polar surface area (TPSA) is 57.6 Å². The molecule has 1 aliphatic rings. The Bertz CT molecular complexity index is 524. The first kappa shape index (κ1) is 15.5. The molecule has 4 nitrogen and oxygen atoms in total. The SMILES string of the molecule is CCCN(Cc1ccccc1)C(=O)C1C(C(=O)O)C1(C)C. The third-order valence-electron chi connectivity index (χ3n) is 4.38. The number of hydrogen-bond donors (Lipinski definition) is 1. The van der Waals surface area contributed by atoms with Crippen molar-refractivity contribution < 1.29 is 14.7 Å². The van der Waals surface area contributed by atoms with E-state index in [2.05, 4.69) is 0 Å². The normalized spacial score (nSPS) is 22.6. The number of rotatable bonds is 6. The van der Waals surface area contributed by atoms with Gasteiger partial charge < -0.3 is 10.0 Å². The number of carbonyl (C=O) groups excluding carboxylic acids is 1. The van der Waals surface area contributed by atoms with Crippen LogP contribution in [0.15, 0.2) is 30.3 Å². The molecule has 1 saturated carbocycles. The second-order valence-corrected chi connectivity index (χ2v) is 6.36. The lowest BCUT2D eigenvalue weighted by Gasteiger charge is -2.23. The summed E-state index contributed by atoms with van der Waals surface area (Å²) in [5.74, 6) is -1.85. The van der Waals surface area contributed by atoms with Crippen LogP contribution in [0.2, 0.25) is 0 Å². The molecule has 0 heterocycles. The average molecular weight is 289 g/mol. The van der Waals surface area contributed by atoms with Crippen molar-refractivity contribution in [2.75, 3.05) is 6.54 Å². The minimum atomic E-state index is -0.866. The minimum Gasteiger partial charge on any atom is -0.481 e. The van der Waals surface area contributed by atoms with Gasteiger partial charge in [-0.1, -0.05) is 51.1 Å². The fourth-order valence-corrected chi connectivity index (χ4v) is 3.10. The lowest BCUT2D eigenvalue weighted by atomic mass is 10.1. The van der Waals surface area contributed by atoms with Gasteiger partial charge in [0.25, 0.3) is 0 Å². The molecule has 0 aromatic heterocycles. The van der Waals surface area contributed by atoms with Crippen LogP contribution < -0.4 is 0 Å². The van der Waals surface area contributed by atoms with Crippen molar-refractivity contribution in [1.29, 1.82) is 0 Å². The van der Waals surface area contributed by atoms with Gasteiger partial charge in [0.1, 0.15) is 0 Å². The molecule has 1 aromatic carbocycles. The summed E-state index contributed by atoms with van der Waals surface area (Å²) in [5.41, 5.74) is 0.635. The summed E-state index contributed by atoms with van der Waals surface area (Å²) in [7, 11) is 0. The second kappa shape index (κ2) is 5.88. The van der Waals surface area contributed by atoms with Crippen LogP contribution in [0.5, 0.6) is 0 Å². The van der Waals surface area contributed by atoms with E-state index in [1.807, 2.05) is 51.1 Å². The molecule has 4 heteroatoms. The number of nitrogens with zero attached hydrogens (tertiary/aromatic N) is 1. The van der Waals surface area contributed by atoms with Gasteiger partial charge in [0.2, 0.25) is 5.91 Å². The standard InChI is InChI=1S/C17H23NO3/c1-4-10-18(11-12-8-6-5-7-9-12)15(19)13-14(16(20)21)17(13,2)3/h5-9,13-14H,4,10-11H2,1-3H3,(H,20,21). The molecule has 1 aromatic rings. The van der Waals surface area contributed by atoms with Crippen molar-refractivity contribution >= 4 is 11.9 Å². The summed E-state index contributed by atoms with van der Waals surface area (Å²) in [6.45, 7) is 6.96. The molecule has 0 bridgehead atoms. The van der Waals surface area contributed by atoms with Crippen molar-refractivity contribution in [2.45, 2.75) is 33.7 Å². The Morgan fingerprint density at radius 1 is 1.19 bits per heavy atom. The summed E-state index contributed by atoms with van der Waals surface area (Å²) in [6.07, 6.45) is 0.865. The van der Waals surface area contributed by atoms with Crippen LogP contribution in [-0.4, -0.2) is 28.4 Å². The first-order valence-corrected chi connectivity index (χ1v) is 7.45. The number of hydrogen-bond acceptors (Lipinski definition) is 2. The quantitative estimate of drug-likeness (QED) is 0.876. The summed E-state index contributed by atoms with van der Waals surface area (Å²) in [4.78, 5) is 25.7. The Labute approximate surface area is 125 Å². The molecule has 1 amide bonds. The molecule has 114 valence electrons. The first-order valence-electron chi connectivity index (χ1n) is 7.45. The van der Waals surface area contributed by atoms with Crippen LogP contribution >= 0.6 is 0 Å². The zero-order valence-corrected chi connectivity index (χ0v) is 12.9. The highest BCUT2D eigenvalue weighted by molar-refractivity contribution is 5.91. The number of benzene rings is 1. The number of aliphatic carboxylic acids is 1. The van der Waals surface area contributed by atoms with Gasteiger partial charge in [-0.15, -0.1) is 0 Å². The maximum absolute atomic E-state index is 12.7. The predicted molar refractivity (Wildman–Crippen MR) is 80.5 cm³/mol. The maximum atomic E-state index is 12.7. The van der Waals surface area contributed by atoms with Crippen LogP contribution in [0.25, 0.3) is 0 Å². The average Bonchev–Trinajstić information content (AvgIpc) is 3.02. The van der Waals surface area contributed by atoms with E-state index in [1.165, 1.54) is 0 Å². The van der Waals surface area contributed by atoms with E-state index >= 15 is 0 Å². The summed E-state index contributed by atoms with van der Waals surface area (Å²) in [5, 5.41) is 9.24. The largest absolute Gasteiger partial charge is 0.481 e. The molecule has 0 spiro atoms. The van der Waals surface area contributed by atoms with Crippen molar-refractivity contribution in [3.63, 3.8) is 0 Å². The van der Waals surface area contributed by atoms with E-state index in [0.29, 0.717) is 13.1 Å². The van der Waals surface area contributed by atoms with Crippen LogP contribution in [0.4, 0.5) is 0 Å². The first-order chi connectivity index (χ1) is 9.89. The molecular formula is C17H23NO3. The lowest BCUT2D eigenvalue weighted by Crippen LogP contribution is -2.34. The van der Waals surface area contributed by atoms with Crippen LogP contribution in [-0.2, 0) is 16.1 Å². The second-order valence-electron chi connectivity index (χ2n) is 6.36. The van der Waals surface area contributed by atoms with E-state index in [0.717, 1.165) is 12.0 Å². The molecule has 2 atom stereocenters. The number of carboxylic acid groups (broad SMARTS) is 1. The van der Waals surface area contributed by atoms with E-state index in [1.54, 1.807) is 4.90 Å². The van der Waals surface area contributed by atoms with Crippen molar-refractivity contribution in [3.8, 4) is 0 Å². The van der Waals surface area contributed by atoms with Gasteiger partial charge in [-0.2, -0.15) is 0 Å². The zero-order valence-electron chi connectivity index (χ0n) is 12.9. The van der Waals surface area contributed by atoms with E-state index in [4.69, 9.17) is 0 Å². The number of carboxylic acids is 1. The van der Waals surface area contributed by atoms with Gasteiger partial charge in [-0.25, -0.2) is 0 Å². The summed E-state index contributed by atoms with van der Waals surface area (Å²) < 4.78 is 0. The molecule has 0 radical (unpaired) electrons. The van der Waals surface area contributed by atoms with Crippen molar-refractivity contribution in [3.05, 3.63) is 35.9 Å². The van der Waals surface area contributed by atoms with Gasteiger partial charge in [-0.3, -0.25) is 9.59 Å². The molecule has 1 fully saturated rings. The third-order valence-corrected chi connectivity index (χ3v) is 4.38. The fraction of sp³-hybridized carbons (Fsp3) is 0.529. The molecule has 0 saturated heterocycles. The third kappa shape index (κ3) is 3.09. The van der Waals surface area contributed by atoms with Crippen LogP contribution in [0.1, 0.15) is 32.8 Å². The zero-order chi connectivity index (χ0) is 15.6. The van der Waals surface area contributed by atoms with Gasteiger partial charge in [-0.05, 0) is 17.4 Å². The Balaban J connectivity index is 2.12. The van der Waals surface area contributed by atoms with Crippen molar-refractivity contribution in [1.82, 2.24) is 4.90 Å². The minimum absolute atomic E-state index is 0.0295. The molecular weight excluding hydrogens is 266 g/mol. The molecule has 1 aliphatic carbocycles. The van der Waals surface area contributed by atoms with E-state index in [-0.39, 0.29) is 5.91 Å². The molecule has 2 unspecified atom stereocenters. The van der Waals surface area contributed by atoms with Gasteiger partial charge in [0.05, 0.1) is 11.8 Å². The highest BCUT2D eigenvalue weighted by Gasteiger charge is 2.66. The Morgan fingerprint density at radius 3 is 2.29 bits per heavy atom. The molecule has 1 N–H and O–H groups in total. The lowest BCUT2D eigenvalue weighted by molar-refractivity contribution is -0.142. The highest BCUT2D eigenvalue weighted by Crippen LogP contribution is 2.59. The predicted octanol–water partition coefficient (Wildman–Crippen LogP) is 2.78. The molecule has 0 aliphatic heterocycles. The fourth-order valence-electron chi connectivity index (χ4n) is 3.10. The van der Waals surface area contributed by atoms with Gasteiger partial charge >= 0.3 is 5.97 Å². The van der Waals surface area contributed by atoms with Gasteiger partial charge in [0.15, 0.2) is 0 Å². The number of carbonyl (C=O) groups is 2. The van der Waals surface area contributed by atoms with E-state index < -0.39 is 23.2 Å². The number of amides is 1. The highest BCUT2D eigenvalue weighted by atomic mass is 16.4.